The van der Waals surface area contributed by atoms with Crippen molar-refractivity contribution in [2.75, 3.05) is 26.9 Å². The van der Waals surface area contributed by atoms with Crippen LogP contribution >= 0.6 is 0 Å². The summed E-state index contributed by atoms with van der Waals surface area (Å²) in [7, 11) is 1.43. The maximum Gasteiger partial charge on any atom is 0.295 e. The van der Waals surface area contributed by atoms with E-state index in [2.05, 4.69) is 0 Å². The summed E-state index contributed by atoms with van der Waals surface area (Å²) in [5.41, 5.74) is 0.747. The number of hydrogen-bond acceptors (Lipinski definition) is 7. The molecular formula is C27H33NO7. The smallest absolute Gasteiger partial charge is 0.295 e. The molecule has 1 aliphatic heterocycles. The molecule has 0 radical (unpaired) electrons. The number of phenols is 1. The quantitative estimate of drug-likeness (QED) is 0.295. The number of likely N-dealkylation sites (tertiary alicyclic amines) is 1. The number of nitrogens with zero attached hydrogens (tertiary/aromatic N) is 1. The Labute approximate surface area is 205 Å². The molecule has 1 fully saturated rings. The van der Waals surface area contributed by atoms with E-state index in [0.29, 0.717) is 29.4 Å². The van der Waals surface area contributed by atoms with Gasteiger partial charge >= 0.3 is 0 Å². The highest BCUT2D eigenvalue weighted by Gasteiger charge is 2.46. The zero-order valence-electron chi connectivity index (χ0n) is 20.8. The van der Waals surface area contributed by atoms with Crippen molar-refractivity contribution in [2.45, 2.75) is 39.8 Å². The van der Waals surface area contributed by atoms with Crippen molar-refractivity contribution in [1.29, 1.82) is 0 Å². The minimum atomic E-state index is -0.914. The van der Waals surface area contributed by atoms with Crippen molar-refractivity contribution in [3.05, 3.63) is 59.2 Å². The van der Waals surface area contributed by atoms with Crippen molar-refractivity contribution in [3.63, 3.8) is 0 Å². The number of carbonyl (C=O) groups is 2. The van der Waals surface area contributed by atoms with Gasteiger partial charge in [-0.2, -0.15) is 0 Å². The number of aliphatic hydroxyl groups excluding tert-OH is 1. The second kappa shape index (κ2) is 11.3. The van der Waals surface area contributed by atoms with E-state index in [1.165, 1.54) is 18.1 Å². The Morgan fingerprint density at radius 3 is 2.46 bits per heavy atom. The maximum absolute atomic E-state index is 13.2. The summed E-state index contributed by atoms with van der Waals surface area (Å²) < 4.78 is 16.5. The van der Waals surface area contributed by atoms with Crippen molar-refractivity contribution in [1.82, 2.24) is 4.90 Å². The molecule has 1 aliphatic rings. The third-order valence-corrected chi connectivity index (χ3v) is 5.53. The van der Waals surface area contributed by atoms with Gasteiger partial charge in [-0.25, -0.2) is 0 Å². The van der Waals surface area contributed by atoms with Crippen molar-refractivity contribution in [2.24, 2.45) is 5.92 Å². The van der Waals surface area contributed by atoms with E-state index in [0.717, 1.165) is 0 Å². The molecule has 1 saturated heterocycles. The highest BCUT2D eigenvalue weighted by molar-refractivity contribution is 6.46. The number of ether oxygens (including phenoxy) is 3. The van der Waals surface area contributed by atoms with Gasteiger partial charge in [0.15, 0.2) is 11.5 Å². The minimum Gasteiger partial charge on any atom is -0.507 e. The number of hydrogen-bond donors (Lipinski definition) is 2. The standard InChI is InChI=1S/C27H33NO7/c1-16(2)15-35-20-8-6-7-19(13-20)25(30)23-24(18-9-10-22(33-5)21(29)14-18)28(27(32)26(23)31)11-12-34-17(3)4/h6-10,13-14,16-17,24,29-30H,11-12,15H2,1-5H3/b25-23-. The number of rotatable bonds is 10. The van der Waals surface area contributed by atoms with Crippen LogP contribution in [-0.4, -0.2) is 59.8 Å². The third kappa shape index (κ3) is 5.95. The SMILES string of the molecule is COc1ccc(C2/C(=C(/O)c3cccc(OCC(C)C)c3)C(=O)C(=O)N2CCOC(C)C)cc1O. The normalized spacial score (nSPS) is 17.5. The Morgan fingerprint density at radius 2 is 1.83 bits per heavy atom. The highest BCUT2D eigenvalue weighted by Crippen LogP contribution is 2.41. The monoisotopic (exact) mass is 483 g/mol. The molecule has 0 bridgehead atoms. The van der Waals surface area contributed by atoms with Crippen molar-refractivity contribution < 1.29 is 34.0 Å². The van der Waals surface area contributed by atoms with Gasteiger partial charge < -0.3 is 29.3 Å². The largest absolute Gasteiger partial charge is 0.507 e. The van der Waals surface area contributed by atoms with E-state index >= 15 is 0 Å². The van der Waals surface area contributed by atoms with Crippen LogP contribution in [0.4, 0.5) is 0 Å². The summed E-state index contributed by atoms with van der Waals surface area (Å²) in [5.74, 6) is -0.894. The van der Waals surface area contributed by atoms with Gasteiger partial charge in [-0.15, -0.1) is 0 Å². The number of phenolic OH excluding ortho intramolecular Hbond substituents is 1. The van der Waals surface area contributed by atoms with Gasteiger partial charge in [-0.05, 0) is 49.6 Å². The molecule has 2 aromatic rings. The second-order valence-corrected chi connectivity index (χ2v) is 9.08. The minimum absolute atomic E-state index is 0.0520. The number of aliphatic hydroxyl groups is 1. The first kappa shape index (κ1) is 26.1. The van der Waals surface area contributed by atoms with E-state index in [1.54, 1.807) is 36.4 Å². The van der Waals surface area contributed by atoms with Gasteiger partial charge in [0.2, 0.25) is 0 Å². The number of aromatic hydroxyl groups is 1. The molecule has 1 amide bonds. The van der Waals surface area contributed by atoms with Crippen molar-refractivity contribution >= 4 is 17.4 Å². The highest BCUT2D eigenvalue weighted by atomic mass is 16.5. The summed E-state index contributed by atoms with van der Waals surface area (Å²) in [4.78, 5) is 27.5. The second-order valence-electron chi connectivity index (χ2n) is 9.08. The molecule has 35 heavy (non-hydrogen) atoms. The summed E-state index contributed by atoms with van der Waals surface area (Å²) in [6, 6.07) is 10.5. The average molecular weight is 484 g/mol. The first-order valence-electron chi connectivity index (χ1n) is 11.6. The molecule has 2 N–H and O–H groups in total. The lowest BCUT2D eigenvalue weighted by atomic mass is 9.95. The van der Waals surface area contributed by atoms with Crippen LogP contribution < -0.4 is 9.47 Å². The third-order valence-electron chi connectivity index (χ3n) is 5.53. The number of carbonyl (C=O) groups excluding carboxylic acids is 2. The number of benzene rings is 2. The first-order chi connectivity index (χ1) is 16.6. The fraction of sp³-hybridized carbons (Fsp3) is 0.407. The predicted octanol–water partition coefficient (Wildman–Crippen LogP) is 4.28. The lowest BCUT2D eigenvalue weighted by Gasteiger charge is -2.26. The number of amides is 1. The van der Waals surface area contributed by atoms with E-state index < -0.39 is 17.7 Å². The molecule has 2 aromatic carbocycles. The number of ketones is 1. The molecule has 188 valence electrons. The molecule has 0 spiro atoms. The lowest BCUT2D eigenvalue weighted by molar-refractivity contribution is -0.140. The zero-order chi connectivity index (χ0) is 25.7. The van der Waals surface area contributed by atoms with Crippen LogP contribution in [-0.2, 0) is 14.3 Å². The summed E-state index contributed by atoms with van der Waals surface area (Å²) in [5, 5.41) is 21.6. The molecule has 1 unspecified atom stereocenters. The molecule has 0 aromatic heterocycles. The Bertz CT molecular complexity index is 1110. The van der Waals surface area contributed by atoms with Crippen LogP contribution in [0, 0.1) is 5.92 Å². The molecule has 8 heteroatoms. The van der Waals surface area contributed by atoms with Gasteiger partial charge in [0.25, 0.3) is 11.7 Å². The van der Waals surface area contributed by atoms with Gasteiger partial charge in [-0.3, -0.25) is 9.59 Å². The van der Waals surface area contributed by atoms with Gasteiger partial charge in [0.05, 0.1) is 38.0 Å². The molecule has 8 nitrogen and oxygen atoms in total. The van der Waals surface area contributed by atoms with Crippen LogP contribution in [0.2, 0.25) is 0 Å². The molecular weight excluding hydrogens is 450 g/mol. The fourth-order valence-corrected chi connectivity index (χ4v) is 3.87. The Hall–Kier alpha value is -3.52. The van der Waals surface area contributed by atoms with Crippen LogP contribution in [0.1, 0.15) is 44.9 Å². The topological polar surface area (TPSA) is 106 Å². The predicted molar refractivity (Wildman–Crippen MR) is 132 cm³/mol. The lowest BCUT2D eigenvalue weighted by Crippen LogP contribution is -2.33. The number of Topliss-reactive ketones (excluding diaryl/α,β-unsaturated/α-hetero) is 1. The van der Waals surface area contributed by atoms with E-state index in [-0.39, 0.29) is 42.1 Å². The van der Waals surface area contributed by atoms with Crippen molar-refractivity contribution in [3.8, 4) is 17.2 Å². The van der Waals surface area contributed by atoms with E-state index in [1.807, 2.05) is 27.7 Å². The van der Waals surface area contributed by atoms with Crippen LogP contribution in [0.3, 0.4) is 0 Å². The zero-order valence-corrected chi connectivity index (χ0v) is 20.8. The summed E-state index contributed by atoms with van der Waals surface area (Å²) >= 11 is 0. The molecule has 0 saturated carbocycles. The Balaban J connectivity index is 2.08. The number of methoxy groups -OCH3 is 1. The van der Waals surface area contributed by atoms with Gasteiger partial charge in [-0.1, -0.05) is 32.0 Å². The van der Waals surface area contributed by atoms with Crippen LogP contribution in [0.25, 0.3) is 5.76 Å². The van der Waals surface area contributed by atoms with Crippen LogP contribution in [0.5, 0.6) is 17.2 Å². The molecule has 0 aliphatic carbocycles. The maximum atomic E-state index is 13.2. The van der Waals surface area contributed by atoms with E-state index in [4.69, 9.17) is 14.2 Å². The first-order valence-corrected chi connectivity index (χ1v) is 11.6. The molecule has 1 heterocycles. The molecule has 3 rings (SSSR count). The van der Waals surface area contributed by atoms with Gasteiger partial charge in [0.1, 0.15) is 11.5 Å². The van der Waals surface area contributed by atoms with Crippen LogP contribution in [0.15, 0.2) is 48.0 Å². The summed E-state index contributed by atoms with van der Waals surface area (Å²) in [6.45, 7) is 8.64. The fourth-order valence-electron chi connectivity index (χ4n) is 3.87. The van der Waals surface area contributed by atoms with E-state index in [9.17, 15) is 19.8 Å². The average Bonchev–Trinajstić information content (AvgIpc) is 3.07. The molecule has 1 atom stereocenters. The van der Waals surface area contributed by atoms with Gasteiger partial charge in [0, 0.05) is 12.1 Å². The Kier molecular flexibility index (Phi) is 8.40. The Morgan fingerprint density at radius 1 is 1.09 bits per heavy atom. The summed E-state index contributed by atoms with van der Waals surface area (Å²) in [6.07, 6.45) is -0.0520.